The van der Waals surface area contributed by atoms with Crippen LogP contribution in [0, 0.1) is 12.1 Å². The van der Waals surface area contributed by atoms with Gasteiger partial charge < -0.3 is 4.57 Å². The number of para-hydroxylation sites is 1. The molecule has 5 aromatic carbocycles. The van der Waals surface area contributed by atoms with Crippen LogP contribution in [0.1, 0.15) is 0 Å². The summed E-state index contributed by atoms with van der Waals surface area (Å²) in [6.07, 6.45) is 5.64. The van der Waals surface area contributed by atoms with Gasteiger partial charge in [-0.05, 0) is 45.7 Å². The van der Waals surface area contributed by atoms with Crippen LogP contribution in [-0.2, 0) is 20.4 Å². The van der Waals surface area contributed by atoms with Gasteiger partial charge in [-0.2, -0.15) is 34.6 Å². The Morgan fingerprint density at radius 3 is 1.95 bits per heavy atom. The van der Waals surface area contributed by atoms with Crippen LogP contribution in [0.5, 0.6) is 0 Å². The molecule has 3 aromatic heterocycles. The molecule has 0 unspecified atom stereocenters. The van der Waals surface area contributed by atoms with Gasteiger partial charge in [0, 0.05) is 29.4 Å². The molecule has 0 saturated heterocycles. The second-order valence-corrected chi connectivity index (χ2v) is 14.3. The van der Waals surface area contributed by atoms with Gasteiger partial charge in [0.05, 0.1) is 0 Å². The Morgan fingerprint density at radius 1 is 0.545 bits per heavy atom. The van der Waals surface area contributed by atoms with Gasteiger partial charge in [0.25, 0.3) is 0 Å². The van der Waals surface area contributed by atoms with E-state index in [9.17, 15) is 0 Å². The van der Waals surface area contributed by atoms with Crippen LogP contribution in [0.3, 0.4) is 0 Å². The van der Waals surface area contributed by atoms with Crippen LogP contribution in [0.4, 0.5) is 0 Å². The van der Waals surface area contributed by atoms with E-state index in [-0.39, 0.29) is 20.4 Å². The summed E-state index contributed by atoms with van der Waals surface area (Å²) >= 11 is 0. The predicted molar refractivity (Wildman–Crippen MR) is 177 cm³/mol. The van der Waals surface area contributed by atoms with Gasteiger partial charge in [-0.25, -0.2) is 0 Å². The van der Waals surface area contributed by atoms with Crippen molar-refractivity contribution in [3.8, 4) is 11.4 Å². The number of hydrogen-bond donors (Lipinski definition) is 0. The molecule has 3 heterocycles. The van der Waals surface area contributed by atoms with Crippen LogP contribution in [0.15, 0.2) is 158 Å². The second kappa shape index (κ2) is 11.7. The summed E-state index contributed by atoms with van der Waals surface area (Å²) in [5.41, 5.74) is 3.96. The van der Waals surface area contributed by atoms with Crippen LogP contribution >= 0.6 is 0 Å². The fraction of sp³-hybridized carbons (Fsp3) is 0. The van der Waals surface area contributed by atoms with E-state index in [0.717, 1.165) is 38.3 Å². The Labute approximate surface area is 270 Å². The van der Waals surface area contributed by atoms with Crippen molar-refractivity contribution in [2.24, 2.45) is 0 Å². The quantitative estimate of drug-likeness (QED) is 0.136. The average Bonchev–Trinajstić information content (AvgIpc) is 3.74. The largest absolute Gasteiger partial charge is 2.00 e. The molecule has 0 bridgehead atoms. The van der Waals surface area contributed by atoms with Gasteiger partial charge in [-0.1, -0.05) is 96.1 Å². The molecule has 0 fully saturated rings. The number of aromatic nitrogens is 4. The Kier molecular flexibility index (Phi) is 7.41. The first-order valence-corrected chi connectivity index (χ1v) is 16.4. The summed E-state index contributed by atoms with van der Waals surface area (Å²) in [5, 5.41) is 11.6. The van der Waals surface area contributed by atoms with E-state index in [1.165, 1.54) is 15.8 Å². The van der Waals surface area contributed by atoms with Crippen molar-refractivity contribution in [3.63, 3.8) is 0 Å². The third-order valence-corrected chi connectivity index (χ3v) is 12.8. The first-order valence-electron chi connectivity index (χ1n) is 14.4. The minimum Gasteiger partial charge on any atom is -0.358 e. The SMILES string of the molecule is [Pd+2].[c-]1c(-n2cccn2)cccc1-n1c2[c-]c([Si](c3ccccc3)(c3ccccc3)c3ccccn3)ccc2c2ccccc21. The molecule has 6 heteroatoms. The van der Waals surface area contributed by atoms with E-state index >= 15 is 0 Å². The molecular weight excluding hydrogens is 647 g/mol. The van der Waals surface area contributed by atoms with Crippen molar-refractivity contribution in [1.82, 2.24) is 19.3 Å². The molecule has 8 rings (SSSR count). The van der Waals surface area contributed by atoms with Crippen molar-refractivity contribution in [3.05, 3.63) is 170 Å². The molecule has 0 N–H and O–H groups in total. The summed E-state index contributed by atoms with van der Waals surface area (Å²) in [6, 6.07) is 56.9. The number of rotatable bonds is 6. The zero-order valence-corrected chi connectivity index (χ0v) is 26.2. The van der Waals surface area contributed by atoms with E-state index in [1.54, 1.807) is 6.20 Å². The van der Waals surface area contributed by atoms with E-state index in [1.807, 2.05) is 35.3 Å². The molecule has 0 aliphatic rings. The summed E-state index contributed by atoms with van der Waals surface area (Å²) in [4.78, 5) is 5.04. The molecule has 0 atom stereocenters. The maximum atomic E-state index is 5.04. The van der Waals surface area contributed by atoms with Crippen molar-refractivity contribution in [2.75, 3.05) is 0 Å². The third-order valence-electron chi connectivity index (χ3n) is 8.21. The maximum Gasteiger partial charge on any atom is 2.00 e. The third kappa shape index (κ3) is 4.47. The molecule has 0 radical (unpaired) electrons. The molecule has 0 amide bonds. The van der Waals surface area contributed by atoms with Crippen molar-refractivity contribution >= 4 is 50.8 Å². The molecule has 4 nitrogen and oxygen atoms in total. The fourth-order valence-electron chi connectivity index (χ4n) is 6.35. The molecule has 0 spiro atoms. The molecule has 0 aliphatic heterocycles. The number of nitrogens with zero attached hydrogens (tertiary/aromatic N) is 4. The van der Waals surface area contributed by atoms with Crippen molar-refractivity contribution in [2.45, 2.75) is 0 Å². The van der Waals surface area contributed by atoms with Crippen LogP contribution in [-0.4, -0.2) is 27.4 Å². The van der Waals surface area contributed by atoms with Crippen LogP contribution < -0.4 is 20.9 Å². The molecule has 212 valence electrons. The summed E-state index contributed by atoms with van der Waals surface area (Å²) in [7, 11) is -2.85. The Balaban J connectivity index is 0.00000312. The number of hydrogen-bond acceptors (Lipinski definition) is 2. The average molecular weight is 673 g/mol. The summed E-state index contributed by atoms with van der Waals surface area (Å²) < 4.78 is 4.13. The van der Waals surface area contributed by atoms with E-state index in [0.29, 0.717) is 0 Å². The van der Waals surface area contributed by atoms with Gasteiger partial charge in [0.15, 0.2) is 8.07 Å². The van der Waals surface area contributed by atoms with E-state index in [4.69, 9.17) is 4.98 Å². The number of benzene rings is 5. The van der Waals surface area contributed by atoms with E-state index in [2.05, 4.69) is 143 Å². The minimum absolute atomic E-state index is 0. The summed E-state index contributed by atoms with van der Waals surface area (Å²) in [6.45, 7) is 0. The Bertz CT molecular complexity index is 2080. The van der Waals surface area contributed by atoms with E-state index < -0.39 is 8.07 Å². The van der Waals surface area contributed by atoms with Crippen LogP contribution in [0.2, 0.25) is 0 Å². The monoisotopic (exact) mass is 672 g/mol. The van der Waals surface area contributed by atoms with Crippen molar-refractivity contribution < 1.29 is 20.4 Å². The molecule has 8 aromatic rings. The topological polar surface area (TPSA) is 35.6 Å². The normalized spacial score (nSPS) is 11.5. The minimum atomic E-state index is -2.85. The fourth-order valence-corrected chi connectivity index (χ4v) is 10.8. The van der Waals surface area contributed by atoms with Crippen LogP contribution in [0.25, 0.3) is 33.2 Å². The molecular formula is C38H26N4PdSi. The van der Waals surface area contributed by atoms with Gasteiger partial charge >= 0.3 is 20.4 Å². The van der Waals surface area contributed by atoms with Gasteiger partial charge in [0.2, 0.25) is 0 Å². The Morgan fingerprint density at radius 2 is 1.25 bits per heavy atom. The van der Waals surface area contributed by atoms with Gasteiger partial charge in [0.1, 0.15) is 0 Å². The first-order chi connectivity index (χ1) is 21.3. The molecule has 0 saturated carbocycles. The van der Waals surface area contributed by atoms with Gasteiger partial charge in [-0.3, -0.25) is 9.67 Å². The first kappa shape index (κ1) is 27.9. The standard InChI is InChI=1S/C38H26N4Si.Pd/c1-3-15-31(16-4-1)43(32-17-5-2-6-18-32,38-21-9-10-24-39-38)33-22-23-35-34-19-7-8-20-36(34)42(37(35)28-33)30-14-11-13-29(27-30)41-26-12-25-40-41;/h1-26H;/q-2;+2. The smallest absolute Gasteiger partial charge is 0.358 e. The van der Waals surface area contributed by atoms with Gasteiger partial charge in [-0.15, -0.1) is 23.6 Å². The summed E-state index contributed by atoms with van der Waals surface area (Å²) in [5.74, 6) is 0. The maximum absolute atomic E-state index is 5.04. The van der Waals surface area contributed by atoms with Crippen molar-refractivity contribution in [1.29, 1.82) is 0 Å². The second-order valence-electron chi connectivity index (χ2n) is 10.6. The molecule has 44 heavy (non-hydrogen) atoms. The number of fused-ring (bicyclic) bond motifs is 3. The predicted octanol–water partition coefficient (Wildman–Crippen LogP) is 5.34. The zero-order valence-electron chi connectivity index (χ0n) is 23.6. The zero-order chi connectivity index (χ0) is 28.6. The molecule has 0 aliphatic carbocycles. The number of pyridine rings is 1. The Hall–Kier alpha value is -4.86.